The first-order valence-corrected chi connectivity index (χ1v) is 7.38. The van der Waals surface area contributed by atoms with Crippen LogP contribution in [0.25, 0.3) is 10.8 Å². The van der Waals surface area contributed by atoms with Crippen molar-refractivity contribution in [2.45, 2.75) is 13.0 Å². The van der Waals surface area contributed by atoms with Crippen LogP contribution in [0.5, 0.6) is 0 Å². The molecule has 0 heterocycles. The van der Waals surface area contributed by atoms with Crippen molar-refractivity contribution in [3.8, 4) is 0 Å². The highest BCUT2D eigenvalue weighted by atomic mass is 79.9. The molecule has 1 N–H and O–H groups in total. The molecule has 3 aromatic carbocycles. The summed E-state index contributed by atoms with van der Waals surface area (Å²) < 4.78 is 0.943. The van der Waals surface area contributed by atoms with Gasteiger partial charge in [-0.05, 0) is 40.5 Å². The number of aliphatic hydroxyl groups is 1. The van der Waals surface area contributed by atoms with E-state index in [1.165, 1.54) is 5.56 Å². The molecule has 0 aliphatic carbocycles. The molecule has 20 heavy (non-hydrogen) atoms. The Morgan fingerprint density at radius 2 is 1.65 bits per heavy atom. The fraction of sp³-hybridized carbons (Fsp3) is 0.111. The highest BCUT2D eigenvalue weighted by Gasteiger charge is 2.15. The van der Waals surface area contributed by atoms with Gasteiger partial charge in [0.1, 0.15) is 6.10 Å². The number of benzene rings is 3. The van der Waals surface area contributed by atoms with Gasteiger partial charge in [0.25, 0.3) is 0 Å². The zero-order valence-electron chi connectivity index (χ0n) is 11.2. The third-order valence-electron chi connectivity index (χ3n) is 3.57. The van der Waals surface area contributed by atoms with E-state index >= 15 is 0 Å². The molecular weight excluding hydrogens is 312 g/mol. The molecule has 0 aliphatic rings. The van der Waals surface area contributed by atoms with Crippen molar-refractivity contribution in [2.24, 2.45) is 0 Å². The van der Waals surface area contributed by atoms with Crippen molar-refractivity contribution in [2.75, 3.05) is 0 Å². The molecule has 0 saturated carbocycles. The number of hydrogen-bond acceptors (Lipinski definition) is 1. The maximum absolute atomic E-state index is 10.7. The number of hydrogen-bond donors (Lipinski definition) is 1. The number of halogens is 1. The Morgan fingerprint density at radius 1 is 0.900 bits per heavy atom. The Labute approximate surface area is 127 Å². The number of fused-ring (bicyclic) bond motifs is 1. The smallest absolute Gasteiger partial charge is 0.106 e. The summed E-state index contributed by atoms with van der Waals surface area (Å²) in [5.74, 6) is 0. The third kappa shape index (κ3) is 2.37. The maximum Gasteiger partial charge on any atom is 0.106 e. The first kappa shape index (κ1) is 13.3. The Hall–Kier alpha value is -1.64. The van der Waals surface area contributed by atoms with Crippen molar-refractivity contribution in [3.63, 3.8) is 0 Å². The van der Waals surface area contributed by atoms with Crippen molar-refractivity contribution >= 4 is 26.7 Å². The molecular formula is C18H15BrO. The quantitative estimate of drug-likeness (QED) is 0.703. The fourth-order valence-electron chi connectivity index (χ4n) is 2.51. The summed E-state index contributed by atoms with van der Waals surface area (Å²) in [4.78, 5) is 0. The largest absolute Gasteiger partial charge is 0.384 e. The molecule has 2 heteroatoms. The molecule has 0 aliphatic heterocycles. The summed E-state index contributed by atoms with van der Waals surface area (Å²) in [6, 6.07) is 20.2. The molecule has 0 spiro atoms. The van der Waals surface area contributed by atoms with Crippen molar-refractivity contribution in [1.29, 1.82) is 0 Å². The van der Waals surface area contributed by atoms with E-state index in [9.17, 15) is 5.11 Å². The molecule has 0 bridgehead atoms. The van der Waals surface area contributed by atoms with Gasteiger partial charge < -0.3 is 5.11 Å². The fourth-order valence-corrected chi connectivity index (χ4v) is 3.22. The van der Waals surface area contributed by atoms with Gasteiger partial charge in [0, 0.05) is 4.47 Å². The van der Waals surface area contributed by atoms with Gasteiger partial charge in [0.05, 0.1) is 0 Å². The van der Waals surface area contributed by atoms with Gasteiger partial charge in [-0.2, -0.15) is 0 Å². The second-order valence-corrected chi connectivity index (χ2v) is 5.85. The summed E-state index contributed by atoms with van der Waals surface area (Å²) in [7, 11) is 0. The molecule has 0 saturated heterocycles. The number of rotatable bonds is 2. The third-order valence-corrected chi connectivity index (χ3v) is 4.26. The van der Waals surface area contributed by atoms with Crippen LogP contribution in [-0.2, 0) is 0 Å². The van der Waals surface area contributed by atoms with E-state index in [2.05, 4.69) is 34.1 Å². The molecule has 1 nitrogen and oxygen atoms in total. The van der Waals surface area contributed by atoms with Gasteiger partial charge in [-0.15, -0.1) is 0 Å². The molecule has 0 amide bonds. The Kier molecular flexibility index (Phi) is 3.60. The van der Waals surface area contributed by atoms with Gasteiger partial charge in [-0.3, -0.25) is 0 Å². The normalized spacial score (nSPS) is 12.6. The van der Waals surface area contributed by atoms with Crippen molar-refractivity contribution in [3.05, 3.63) is 81.8 Å². The van der Waals surface area contributed by atoms with E-state index in [1.54, 1.807) is 0 Å². The SMILES string of the molecule is Cc1ccc(C(O)c2cccc3ccccc23)c(Br)c1. The first-order valence-electron chi connectivity index (χ1n) is 6.58. The van der Waals surface area contributed by atoms with E-state index in [4.69, 9.17) is 0 Å². The first-order chi connectivity index (χ1) is 9.66. The topological polar surface area (TPSA) is 20.2 Å². The summed E-state index contributed by atoms with van der Waals surface area (Å²) >= 11 is 3.55. The van der Waals surface area contributed by atoms with Gasteiger partial charge in [-0.25, -0.2) is 0 Å². The predicted molar refractivity (Wildman–Crippen MR) is 86.9 cm³/mol. The maximum atomic E-state index is 10.7. The highest BCUT2D eigenvalue weighted by molar-refractivity contribution is 9.10. The van der Waals surface area contributed by atoms with E-state index in [0.717, 1.165) is 26.4 Å². The van der Waals surface area contributed by atoms with E-state index in [-0.39, 0.29) is 0 Å². The monoisotopic (exact) mass is 326 g/mol. The molecule has 1 unspecified atom stereocenters. The molecule has 1 atom stereocenters. The molecule has 0 radical (unpaired) electrons. The van der Waals surface area contributed by atoms with E-state index < -0.39 is 6.10 Å². The summed E-state index contributed by atoms with van der Waals surface area (Å²) in [5, 5.41) is 13.0. The van der Waals surface area contributed by atoms with Gasteiger partial charge in [-0.1, -0.05) is 70.5 Å². The zero-order valence-corrected chi connectivity index (χ0v) is 12.8. The predicted octanol–water partition coefficient (Wildman–Crippen LogP) is 4.99. The van der Waals surface area contributed by atoms with Crippen LogP contribution in [0, 0.1) is 6.92 Å². The molecule has 3 aromatic rings. The van der Waals surface area contributed by atoms with Crippen LogP contribution in [-0.4, -0.2) is 5.11 Å². The van der Waals surface area contributed by atoms with Gasteiger partial charge in [0.15, 0.2) is 0 Å². The van der Waals surface area contributed by atoms with Crippen LogP contribution >= 0.6 is 15.9 Å². The summed E-state index contributed by atoms with van der Waals surface area (Å²) in [6.07, 6.45) is -0.629. The standard InChI is InChI=1S/C18H15BrO/c1-12-9-10-16(17(19)11-12)18(20)15-8-4-6-13-5-2-3-7-14(13)15/h2-11,18,20H,1H3. The minimum absolute atomic E-state index is 0.629. The second kappa shape index (κ2) is 5.39. The Balaban J connectivity index is 2.15. The number of aliphatic hydroxyl groups excluding tert-OH is 1. The lowest BCUT2D eigenvalue weighted by Crippen LogP contribution is -2.01. The summed E-state index contributed by atoms with van der Waals surface area (Å²) in [6.45, 7) is 2.04. The van der Waals surface area contributed by atoms with Crippen LogP contribution < -0.4 is 0 Å². The summed E-state index contributed by atoms with van der Waals surface area (Å²) in [5.41, 5.74) is 3.00. The van der Waals surface area contributed by atoms with Crippen LogP contribution in [0.3, 0.4) is 0 Å². The Bertz CT molecular complexity index is 759. The average molecular weight is 327 g/mol. The lowest BCUT2D eigenvalue weighted by Gasteiger charge is -2.16. The van der Waals surface area contributed by atoms with Crippen LogP contribution in [0.4, 0.5) is 0 Å². The highest BCUT2D eigenvalue weighted by Crippen LogP contribution is 2.33. The molecule has 0 fully saturated rings. The Morgan fingerprint density at radius 3 is 2.45 bits per heavy atom. The van der Waals surface area contributed by atoms with Gasteiger partial charge >= 0.3 is 0 Å². The lowest BCUT2D eigenvalue weighted by atomic mass is 9.95. The molecule has 3 rings (SSSR count). The minimum atomic E-state index is -0.629. The number of aryl methyl sites for hydroxylation is 1. The van der Waals surface area contributed by atoms with Crippen LogP contribution in [0.15, 0.2) is 65.1 Å². The second-order valence-electron chi connectivity index (χ2n) is 5.00. The minimum Gasteiger partial charge on any atom is -0.384 e. The van der Waals surface area contributed by atoms with Crippen LogP contribution in [0.2, 0.25) is 0 Å². The molecule has 0 aromatic heterocycles. The van der Waals surface area contributed by atoms with Crippen LogP contribution in [0.1, 0.15) is 22.8 Å². The van der Waals surface area contributed by atoms with E-state index in [1.807, 2.05) is 49.4 Å². The molecule has 100 valence electrons. The lowest BCUT2D eigenvalue weighted by molar-refractivity contribution is 0.221. The van der Waals surface area contributed by atoms with Crippen molar-refractivity contribution < 1.29 is 5.11 Å². The van der Waals surface area contributed by atoms with E-state index in [0.29, 0.717) is 0 Å². The van der Waals surface area contributed by atoms with Gasteiger partial charge in [0.2, 0.25) is 0 Å². The van der Waals surface area contributed by atoms with Crippen molar-refractivity contribution in [1.82, 2.24) is 0 Å². The zero-order chi connectivity index (χ0) is 14.1. The average Bonchev–Trinajstić information content (AvgIpc) is 2.46.